The molecule has 1 aliphatic rings. The van der Waals surface area contributed by atoms with Crippen molar-refractivity contribution in [1.29, 1.82) is 0 Å². The molecule has 1 saturated heterocycles. The van der Waals surface area contributed by atoms with E-state index in [9.17, 15) is 4.21 Å². The fourth-order valence-electron chi connectivity index (χ4n) is 3.86. The van der Waals surface area contributed by atoms with Crippen molar-refractivity contribution in [3.8, 4) is 11.4 Å². The highest BCUT2D eigenvalue weighted by Gasteiger charge is 2.45. The Morgan fingerprint density at radius 1 is 1.20 bits per heavy atom. The van der Waals surface area contributed by atoms with E-state index in [1.54, 1.807) is 35.5 Å². The molecule has 12 heteroatoms. The second-order valence-electron chi connectivity index (χ2n) is 7.91. The summed E-state index contributed by atoms with van der Waals surface area (Å²) in [5.74, 6) is -0.456. The molecule has 0 spiro atoms. The van der Waals surface area contributed by atoms with Gasteiger partial charge in [0.15, 0.2) is 0 Å². The zero-order chi connectivity index (χ0) is 24.4. The lowest BCUT2D eigenvalue weighted by Crippen LogP contribution is -2.34. The largest absolute Gasteiger partial charge is 0.491 e. The molecule has 0 bridgehead atoms. The van der Waals surface area contributed by atoms with Crippen molar-refractivity contribution in [2.45, 2.75) is 23.6 Å². The molecule has 1 aliphatic heterocycles. The second-order valence-corrected chi connectivity index (χ2v) is 10.0. The molecule has 2 aromatic carbocycles. The van der Waals surface area contributed by atoms with Gasteiger partial charge in [0.1, 0.15) is 24.8 Å². The van der Waals surface area contributed by atoms with Gasteiger partial charge < -0.3 is 18.8 Å². The van der Waals surface area contributed by atoms with E-state index >= 15 is 0 Å². The van der Waals surface area contributed by atoms with E-state index in [1.807, 2.05) is 41.1 Å². The first kappa shape index (κ1) is 24.0. The standard InChI is InChI=1S/C23H21Cl2N5O4S/c1-35(31)22-28-27-15-30(22)17-3-5-18(6-4-17)32-11-19-12-33-23(34-19,13-29-9-8-26-14-29)20-7-2-16(24)10-21(20)25/h2-10,14-15,19H,11-13H2,1H3. The van der Waals surface area contributed by atoms with Crippen molar-refractivity contribution in [2.24, 2.45) is 0 Å². The Morgan fingerprint density at radius 2 is 2.03 bits per heavy atom. The molecule has 1 fully saturated rings. The zero-order valence-electron chi connectivity index (χ0n) is 18.6. The molecule has 9 nitrogen and oxygen atoms in total. The average Bonchev–Trinajstić information content (AvgIpc) is 3.60. The number of imidazole rings is 1. The number of ether oxygens (including phenoxy) is 3. The molecular weight excluding hydrogens is 513 g/mol. The van der Waals surface area contributed by atoms with Gasteiger partial charge in [-0.3, -0.25) is 8.78 Å². The molecule has 35 heavy (non-hydrogen) atoms. The number of benzene rings is 2. The molecule has 5 rings (SSSR count). The summed E-state index contributed by atoms with van der Waals surface area (Å²) in [7, 11) is -1.25. The highest BCUT2D eigenvalue weighted by atomic mass is 35.5. The third-order valence-corrected chi connectivity index (χ3v) is 6.82. The predicted molar refractivity (Wildman–Crippen MR) is 130 cm³/mol. The Kier molecular flexibility index (Phi) is 6.90. The number of hydrogen-bond acceptors (Lipinski definition) is 7. The van der Waals surface area contributed by atoms with Gasteiger partial charge in [-0.05, 0) is 36.4 Å². The van der Waals surface area contributed by atoms with Crippen molar-refractivity contribution in [3.63, 3.8) is 0 Å². The van der Waals surface area contributed by atoms with E-state index in [1.165, 1.54) is 6.33 Å². The number of aromatic nitrogens is 5. The number of hydrogen-bond donors (Lipinski definition) is 0. The Labute approximate surface area is 214 Å². The summed E-state index contributed by atoms with van der Waals surface area (Å²) < 4.78 is 33.9. The summed E-state index contributed by atoms with van der Waals surface area (Å²) in [5, 5.41) is 9.11. The molecule has 182 valence electrons. The Hall–Kier alpha value is -2.76. The van der Waals surface area contributed by atoms with E-state index in [-0.39, 0.29) is 12.7 Å². The van der Waals surface area contributed by atoms with Crippen LogP contribution in [0.1, 0.15) is 5.56 Å². The Bertz CT molecular complexity index is 1330. The maximum Gasteiger partial charge on any atom is 0.225 e. The summed E-state index contributed by atoms with van der Waals surface area (Å²) in [4.78, 5) is 4.11. The van der Waals surface area contributed by atoms with Crippen molar-refractivity contribution in [1.82, 2.24) is 24.3 Å². The van der Waals surface area contributed by atoms with Crippen LogP contribution in [0.3, 0.4) is 0 Å². The molecule has 2 aromatic heterocycles. The Balaban J connectivity index is 1.29. The summed E-state index contributed by atoms with van der Waals surface area (Å²) in [6.45, 7) is 0.949. The van der Waals surface area contributed by atoms with Gasteiger partial charge >= 0.3 is 0 Å². The van der Waals surface area contributed by atoms with E-state index in [0.717, 1.165) is 5.69 Å². The van der Waals surface area contributed by atoms with E-state index in [4.69, 9.17) is 37.4 Å². The zero-order valence-corrected chi connectivity index (χ0v) is 20.9. The molecule has 3 heterocycles. The van der Waals surface area contributed by atoms with Crippen molar-refractivity contribution in [2.75, 3.05) is 19.5 Å². The number of nitrogens with zero attached hydrogens (tertiary/aromatic N) is 5. The summed E-state index contributed by atoms with van der Waals surface area (Å²) in [6, 6.07) is 12.6. The van der Waals surface area contributed by atoms with Gasteiger partial charge in [-0.2, -0.15) is 0 Å². The van der Waals surface area contributed by atoms with Crippen LogP contribution < -0.4 is 4.74 Å². The number of rotatable bonds is 8. The molecule has 0 N–H and O–H groups in total. The molecule has 0 aliphatic carbocycles. The van der Waals surface area contributed by atoms with Gasteiger partial charge in [-0.25, -0.2) is 4.98 Å². The lowest BCUT2D eigenvalue weighted by Gasteiger charge is -2.30. The van der Waals surface area contributed by atoms with Crippen LogP contribution in [0.25, 0.3) is 5.69 Å². The quantitative estimate of drug-likeness (QED) is 0.339. The highest BCUT2D eigenvalue weighted by Crippen LogP contribution is 2.40. The first-order valence-corrected chi connectivity index (χ1v) is 12.9. The van der Waals surface area contributed by atoms with Gasteiger partial charge in [0, 0.05) is 34.9 Å². The molecule has 0 radical (unpaired) electrons. The maximum absolute atomic E-state index is 11.8. The summed E-state index contributed by atoms with van der Waals surface area (Å²) >= 11 is 12.6. The van der Waals surface area contributed by atoms with Gasteiger partial charge in [0.2, 0.25) is 10.9 Å². The van der Waals surface area contributed by atoms with Crippen molar-refractivity contribution < 1.29 is 18.4 Å². The van der Waals surface area contributed by atoms with Crippen LogP contribution >= 0.6 is 23.2 Å². The van der Waals surface area contributed by atoms with Crippen LogP contribution in [0.4, 0.5) is 0 Å². The highest BCUT2D eigenvalue weighted by molar-refractivity contribution is 7.84. The van der Waals surface area contributed by atoms with E-state index in [0.29, 0.717) is 39.7 Å². The fraction of sp³-hybridized carbons (Fsp3) is 0.261. The monoisotopic (exact) mass is 533 g/mol. The molecule has 0 amide bonds. The van der Waals surface area contributed by atoms with Gasteiger partial charge in [0.05, 0.1) is 35.3 Å². The van der Waals surface area contributed by atoms with Crippen LogP contribution in [-0.2, 0) is 32.6 Å². The molecule has 3 unspecified atom stereocenters. The van der Waals surface area contributed by atoms with E-state index in [2.05, 4.69) is 15.2 Å². The third-order valence-electron chi connectivity index (χ3n) is 5.48. The predicted octanol–water partition coefficient (Wildman–Crippen LogP) is 3.86. The molecule has 0 saturated carbocycles. The van der Waals surface area contributed by atoms with Crippen LogP contribution in [-0.4, -0.2) is 54.1 Å². The maximum atomic E-state index is 11.8. The van der Waals surface area contributed by atoms with Crippen LogP contribution in [0.5, 0.6) is 5.75 Å². The van der Waals surface area contributed by atoms with Crippen molar-refractivity contribution in [3.05, 3.63) is 83.1 Å². The van der Waals surface area contributed by atoms with Crippen LogP contribution in [0.2, 0.25) is 10.0 Å². The molecule has 4 aromatic rings. The lowest BCUT2D eigenvalue weighted by molar-refractivity contribution is -0.189. The normalized spacial score (nSPS) is 20.7. The minimum atomic E-state index is -1.25. The first-order valence-electron chi connectivity index (χ1n) is 10.6. The number of halogens is 2. The summed E-state index contributed by atoms with van der Waals surface area (Å²) in [5.41, 5.74) is 1.46. The Morgan fingerprint density at radius 3 is 2.74 bits per heavy atom. The van der Waals surface area contributed by atoms with Gasteiger partial charge in [-0.15, -0.1) is 10.2 Å². The minimum Gasteiger partial charge on any atom is -0.491 e. The van der Waals surface area contributed by atoms with E-state index < -0.39 is 16.6 Å². The topological polar surface area (TPSA) is 93.3 Å². The van der Waals surface area contributed by atoms with Crippen LogP contribution in [0.15, 0.2) is 72.7 Å². The fourth-order valence-corrected chi connectivity index (χ4v) is 5.01. The first-order chi connectivity index (χ1) is 16.9. The van der Waals surface area contributed by atoms with Gasteiger partial charge in [0.25, 0.3) is 0 Å². The second kappa shape index (κ2) is 10.1. The molecule has 3 atom stereocenters. The van der Waals surface area contributed by atoms with Crippen LogP contribution in [0, 0.1) is 0 Å². The minimum absolute atomic E-state index is 0.271. The SMILES string of the molecule is CS(=O)c1nncn1-c1ccc(OCC2COC(Cn3ccnc3)(c3ccc(Cl)cc3Cl)O2)cc1. The molecular formula is C23H21Cl2N5O4S. The third kappa shape index (κ3) is 5.12. The van der Waals surface area contributed by atoms with Gasteiger partial charge in [-0.1, -0.05) is 29.3 Å². The smallest absolute Gasteiger partial charge is 0.225 e. The van der Waals surface area contributed by atoms with Crippen molar-refractivity contribution >= 4 is 34.0 Å². The average molecular weight is 534 g/mol. The summed E-state index contributed by atoms with van der Waals surface area (Å²) in [6.07, 6.45) is 7.97. The lowest BCUT2D eigenvalue weighted by atomic mass is 10.1.